The third-order valence-corrected chi connectivity index (χ3v) is 6.51. The molecule has 0 radical (unpaired) electrons. The lowest BCUT2D eigenvalue weighted by molar-refractivity contribution is 0.282. The molecule has 5 rings (SSSR count). The van der Waals surface area contributed by atoms with Crippen molar-refractivity contribution in [2.24, 2.45) is 5.10 Å². The largest absolute Gasteiger partial charge is 0.493 e. The summed E-state index contributed by atoms with van der Waals surface area (Å²) in [5.41, 5.74) is 8.67. The van der Waals surface area contributed by atoms with E-state index in [1.807, 2.05) is 42.5 Å². The smallest absolute Gasteiger partial charge is 0.265 e. The van der Waals surface area contributed by atoms with Gasteiger partial charge >= 0.3 is 0 Å². The Kier molecular flexibility index (Phi) is 7.32. The molecule has 0 aliphatic carbocycles. The Morgan fingerprint density at radius 3 is 2.76 bits per heavy atom. The maximum atomic E-state index is 6.06. The Morgan fingerprint density at radius 2 is 1.95 bits per heavy atom. The van der Waals surface area contributed by atoms with E-state index in [9.17, 15) is 0 Å². The molecule has 0 bridgehead atoms. The summed E-state index contributed by atoms with van der Waals surface area (Å²) in [6, 6.07) is 20.2. The number of fused-ring (bicyclic) bond motifs is 3. The third kappa shape index (κ3) is 5.27. The molecule has 188 valence electrons. The van der Waals surface area contributed by atoms with Gasteiger partial charge in [-0.25, -0.2) is 5.43 Å². The molecule has 8 nitrogen and oxygen atoms in total. The van der Waals surface area contributed by atoms with E-state index >= 15 is 0 Å². The van der Waals surface area contributed by atoms with Crippen molar-refractivity contribution < 1.29 is 9.47 Å². The summed E-state index contributed by atoms with van der Waals surface area (Å²) in [6.45, 7) is 5.49. The zero-order valence-electron chi connectivity index (χ0n) is 20.9. The van der Waals surface area contributed by atoms with E-state index in [0.717, 1.165) is 50.6 Å². The molecule has 9 heteroatoms. The van der Waals surface area contributed by atoms with Gasteiger partial charge in [0.1, 0.15) is 12.1 Å². The van der Waals surface area contributed by atoms with Crippen LogP contribution in [0.25, 0.3) is 22.1 Å². The van der Waals surface area contributed by atoms with Gasteiger partial charge < -0.3 is 14.0 Å². The number of halogens is 1. The van der Waals surface area contributed by atoms with Crippen molar-refractivity contribution >= 4 is 50.2 Å². The number of para-hydroxylation sites is 1. The standard InChI is InChI=1S/C28H27BrN6O2/c1-4-12-35-23-11-6-5-10-21(23)25-27(35)31-28(34-32-25)33-30-16-20-14-22(29)26(24(15-20)36-3)37-17-19-9-7-8-18(2)13-19/h5-11,13-16H,4,12,17H2,1-3H3,(H,31,33,34)/b30-16+. The fraction of sp³-hybridized carbons (Fsp3) is 0.214. The van der Waals surface area contributed by atoms with Gasteiger partial charge in [-0.3, -0.25) is 0 Å². The van der Waals surface area contributed by atoms with Crippen LogP contribution in [-0.2, 0) is 13.2 Å². The second-order valence-electron chi connectivity index (χ2n) is 8.66. The van der Waals surface area contributed by atoms with Gasteiger partial charge in [-0.1, -0.05) is 55.0 Å². The molecule has 0 saturated carbocycles. The van der Waals surface area contributed by atoms with Crippen LogP contribution in [0.3, 0.4) is 0 Å². The summed E-state index contributed by atoms with van der Waals surface area (Å²) in [7, 11) is 1.62. The zero-order chi connectivity index (χ0) is 25.8. The van der Waals surface area contributed by atoms with Crippen LogP contribution in [0, 0.1) is 6.92 Å². The average molecular weight is 559 g/mol. The number of rotatable bonds is 9. The highest BCUT2D eigenvalue weighted by Gasteiger charge is 2.14. The van der Waals surface area contributed by atoms with Crippen molar-refractivity contribution in [1.82, 2.24) is 19.7 Å². The normalized spacial score (nSPS) is 11.5. The molecule has 2 aromatic heterocycles. The minimum Gasteiger partial charge on any atom is -0.493 e. The van der Waals surface area contributed by atoms with Crippen LogP contribution in [0.15, 0.2) is 70.2 Å². The Labute approximate surface area is 223 Å². The molecule has 0 unspecified atom stereocenters. The predicted molar refractivity (Wildman–Crippen MR) is 151 cm³/mol. The van der Waals surface area contributed by atoms with Crippen molar-refractivity contribution in [2.45, 2.75) is 33.4 Å². The summed E-state index contributed by atoms with van der Waals surface area (Å²) < 4.78 is 14.6. The molecule has 0 fully saturated rings. The second-order valence-corrected chi connectivity index (χ2v) is 9.51. The quantitative estimate of drug-likeness (QED) is 0.164. The van der Waals surface area contributed by atoms with Crippen molar-refractivity contribution in [3.05, 3.63) is 81.8 Å². The molecule has 1 N–H and O–H groups in total. The van der Waals surface area contributed by atoms with Crippen LogP contribution in [0.1, 0.15) is 30.0 Å². The van der Waals surface area contributed by atoms with E-state index in [0.29, 0.717) is 24.1 Å². The zero-order valence-corrected chi connectivity index (χ0v) is 22.5. The lowest BCUT2D eigenvalue weighted by Gasteiger charge is -2.14. The van der Waals surface area contributed by atoms with Crippen molar-refractivity contribution in [1.29, 1.82) is 0 Å². The SMILES string of the molecule is CCCn1c2ccccc2c2nnc(N/N=C/c3cc(Br)c(OCc4cccc(C)c4)c(OC)c3)nc21. The van der Waals surface area contributed by atoms with E-state index < -0.39 is 0 Å². The highest BCUT2D eigenvalue weighted by molar-refractivity contribution is 9.10. The third-order valence-electron chi connectivity index (χ3n) is 5.92. The second kappa shape index (κ2) is 11.0. The summed E-state index contributed by atoms with van der Waals surface area (Å²) in [5, 5.41) is 14.0. The molecule has 0 aliphatic rings. The first-order valence-electron chi connectivity index (χ1n) is 12.0. The summed E-state index contributed by atoms with van der Waals surface area (Å²) in [4.78, 5) is 4.70. The molecule has 2 heterocycles. The number of nitrogens with one attached hydrogen (secondary N) is 1. The number of hydrogen-bond acceptors (Lipinski definition) is 7. The molecule has 0 amide bonds. The number of ether oxygens (including phenoxy) is 2. The molecule has 37 heavy (non-hydrogen) atoms. The van der Waals surface area contributed by atoms with Gasteiger partial charge in [-0.2, -0.15) is 10.1 Å². The predicted octanol–water partition coefficient (Wildman–Crippen LogP) is 6.49. The monoisotopic (exact) mass is 558 g/mol. The first-order chi connectivity index (χ1) is 18.1. The van der Waals surface area contributed by atoms with Crippen LogP contribution in [0.4, 0.5) is 5.95 Å². The Morgan fingerprint density at radius 1 is 1.08 bits per heavy atom. The lowest BCUT2D eigenvalue weighted by atomic mass is 10.1. The maximum absolute atomic E-state index is 6.06. The van der Waals surface area contributed by atoms with Crippen LogP contribution in [0.5, 0.6) is 11.5 Å². The van der Waals surface area contributed by atoms with E-state index in [2.05, 4.69) is 73.3 Å². The van der Waals surface area contributed by atoms with Gasteiger partial charge in [0.15, 0.2) is 17.1 Å². The van der Waals surface area contributed by atoms with Crippen molar-refractivity contribution in [3.8, 4) is 11.5 Å². The van der Waals surface area contributed by atoms with Gasteiger partial charge in [0.05, 0.1) is 23.3 Å². The van der Waals surface area contributed by atoms with Crippen molar-refractivity contribution in [2.75, 3.05) is 12.5 Å². The van der Waals surface area contributed by atoms with E-state index in [4.69, 9.17) is 14.5 Å². The summed E-state index contributed by atoms with van der Waals surface area (Å²) in [6.07, 6.45) is 2.66. The summed E-state index contributed by atoms with van der Waals surface area (Å²) in [5.74, 6) is 1.57. The van der Waals surface area contributed by atoms with Crippen molar-refractivity contribution in [3.63, 3.8) is 0 Å². The van der Waals surface area contributed by atoms with E-state index in [-0.39, 0.29) is 0 Å². The minimum atomic E-state index is 0.327. The Hall–Kier alpha value is -3.98. The maximum Gasteiger partial charge on any atom is 0.265 e. The van der Waals surface area contributed by atoms with Gasteiger partial charge in [0, 0.05) is 11.9 Å². The van der Waals surface area contributed by atoms with E-state index in [1.165, 1.54) is 5.56 Å². The van der Waals surface area contributed by atoms with Gasteiger partial charge in [-0.15, -0.1) is 10.2 Å². The number of hydrazone groups is 1. The topological polar surface area (TPSA) is 86.5 Å². The average Bonchev–Trinajstić information content (AvgIpc) is 3.21. The molecular weight excluding hydrogens is 532 g/mol. The Bertz CT molecular complexity index is 1600. The van der Waals surface area contributed by atoms with Crippen LogP contribution in [0.2, 0.25) is 0 Å². The molecule has 0 spiro atoms. The highest BCUT2D eigenvalue weighted by atomic mass is 79.9. The van der Waals surface area contributed by atoms with E-state index in [1.54, 1.807) is 13.3 Å². The number of hydrogen-bond donors (Lipinski definition) is 1. The molecule has 5 aromatic rings. The highest BCUT2D eigenvalue weighted by Crippen LogP contribution is 2.37. The van der Waals surface area contributed by atoms with Crippen LogP contribution in [-0.4, -0.2) is 33.1 Å². The van der Waals surface area contributed by atoms with Gasteiger partial charge in [-0.05, 0) is 58.6 Å². The fourth-order valence-corrected chi connectivity index (χ4v) is 4.85. The first kappa shape index (κ1) is 24.7. The Balaban J connectivity index is 1.35. The molecular formula is C28H27BrN6O2. The van der Waals surface area contributed by atoms with Crippen LogP contribution < -0.4 is 14.9 Å². The first-order valence-corrected chi connectivity index (χ1v) is 12.8. The number of aryl methyl sites for hydroxylation is 2. The number of anilines is 1. The minimum absolute atomic E-state index is 0.327. The number of aromatic nitrogens is 4. The fourth-order valence-electron chi connectivity index (χ4n) is 4.28. The van der Waals surface area contributed by atoms with Gasteiger partial charge in [0.25, 0.3) is 5.95 Å². The summed E-state index contributed by atoms with van der Waals surface area (Å²) >= 11 is 3.61. The molecule has 0 atom stereocenters. The van der Waals surface area contributed by atoms with Gasteiger partial charge in [0.2, 0.25) is 0 Å². The number of nitrogens with zero attached hydrogens (tertiary/aromatic N) is 5. The number of methoxy groups -OCH3 is 1. The van der Waals surface area contributed by atoms with Crippen LogP contribution >= 0.6 is 15.9 Å². The lowest BCUT2D eigenvalue weighted by Crippen LogP contribution is -2.03. The molecule has 0 saturated heterocycles. The molecule has 3 aromatic carbocycles. The molecule has 0 aliphatic heterocycles. The number of benzene rings is 3.